The zero-order valence-electron chi connectivity index (χ0n) is 21.6. The van der Waals surface area contributed by atoms with Crippen LogP contribution < -0.4 is 10.1 Å². The SMILES string of the molecule is CCOC(=O)C1=C(C)NC2=C(C(=O)c3ccccc32)[C@H]1c1ccc(OCc2cccc3ccccc23)c(Br)c1. The molecule has 194 valence electrons. The van der Waals surface area contributed by atoms with Gasteiger partial charge >= 0.3 is 5.97 Å². The molecular formula is C33H26BrNO4. The Bertz CT molecular complexity index is 1710. The first kappa shape index (κ1) is 25.1. The molecule has 4 aromatic carbocycles. The van der Waals surface area contributed by atoms with Gasteiger partial charge in [0.1, 0.15) is 12.4 Å². The predicted octanol–water partition coefficient (Wildman–Crippen LogP) is 7.31. The lowest BCUT2D eigenvalue weighted by Gasteiger charge is -2.29. The van der Waals surface area contributed by atoms with Crippen LogP contribution in [-0.4, -0.2) is 18.4 Å². The fourth-order valence-electron chi connectivity index (χ4n) is 5.53. The quantitative estimate of drug-likeness (QED) is 0.242. The highest BCUT2D eigenvalue weighted by atomic mass is 79.9. The number of nitrogens with one attached hydrogen (secondary N) is 1. The summed E-state index contributed by atoms with van der Waals surface area (Å²) in [7, 11) is 0. The second-order valence-electron chi connectivity index (χ2n) is 9.60. The van der Waals surface area contributed by atoms with E-state index in [1.165, 1.54) is 5.39 Å². The van der Waals surface area contributed by atoms with Gasteiger partial charge in [-0.3, -0.25) is 4.79 Å². The summed E-state index contributed by atoms with van der Waals surface area (Å²) in [6, 6.07) is 27.7. The number of ketones is 1. The van der Waals surface area contributed by atoms with E-state index in [9.17, 15) is 9.59 Å². The Kier molecular flexibility index (Phi) is 6.57. The summed E-state index contributed by atoms with van der Waals surface area (Å²) < 4.78 is 12.4. The first-order valence-corrected chi connectivity index (χ1v) is 13.7. The number of dihydropyridines is 1. The molecule has 0 amide bonds. The van der Waals surface area contributed by atoms with Gasteiger partial charge in [0.05, 0.1) is 22.3 Å². The molecule has 0 fully saturated rings. The molecule has 0 bridgehead atoms. The minimum absolute atomic E-state index is 0.0835. The van der Waals surface area contributed by atoms with E-state index in [2.05, 4.69) is 45.5 Å². The lowest BCUT2D eigenvalue weighted by molar-refractivity contribution is -0.138. The van der Waals surface area contributed by atoms with Crippen molar-refractivity contribution in [3.8, 4) is 5.75 Å². The Balaban J connectivity index is 1.37. The van der Waals surface area contributed by atoms with Gasteiger partial charge in [0.2, 0.25) is 0 Å². The summed E-state index contributed by atoms with van der Waals surface area (Å²) >= 11 is 3.68. The van der Waals surface area contributed by atoms with E-state index in [4.69, 9.17) is 9.47 Å². The number of esters is 1. The van der Waals surface area contributed by atoms with Crippen LogP contribution in [0.4, 0.5) is 0 Å². The van der Waals surface area contributed by atoms with Gasteiger partial charge in [-0.15, -0.1) is 0 Å². The topological polar surface area (TPSA) is 64.6 Å². The molecule has 1 heterocycles. The molecule has 0 unspecified atom stereocenters. The summed E-state index contributed by atoms with van der Waals surface area (Å²) in [5.41, 5.74) is 5.79. The standard InChI is InChI=1S/C33H26BrNO4/c1-3-38-33(37)28-19(2)35-31-24-13-6-7-14-25(24)32(36)30(31)29(28)21-15-16-27(26(34)17-21)39-18-22-11-8-10-20-9-4-5-12-23(20)22/h4-17,29,35H,3,18H2,1-2H3/t29-/m0/s1. The van der Waals surface area contributed by atoms with Crippen LogP contribution in [0.25, 0.3) is 16.5 Å². The van der Waals surface area contributed by atoms with Crippen LogP contribution in [-0.2, 0) is 16.1 Å². The molecular weight excluding hydrogens is 554 g/mol. The van der Waals surface area contributed by atoms with Gasteiger partial charge in [0, 0.05) is 28.3 Å². The lowest BCUT2D eigenvalue weighted by atomic mass is 9.80. The second kappa shape index (κ2) is 10.2. The van der Waals surface area contributed by atoms with Crippen molar-refractivity contribution in [1.29, 1.82) is 0 Å². The fourth-order valence-corrected chi connectivity index (χ4v) is 6.04. The summed E-state index contributed by atoms with van der Waals surface area (Å²) in [6.07, 6.45) is 0. The monoisotopic (exact) mass is 579 g/mol. The van der Waals surface area contributed by atoms with Gasteiger partial charge in [-0.05, 0) is 63.8 Å². The number of carbonyl (C=O) groups is 2. The van der Waals surface area contributed by atoms with Gasteiger partial charge in [-0.2, -0.15) is 0 Å². The van der Waals surface area contributed by atoms with Gasteiger partial charge in [0.25, 0.3) is 0 Å². The first-order valence-electron chi connectivity index (χ1n) is 12.9. The van der Waals surface area contributed by atoms with Crippen molar-refractivity contribution in [2.75, 3.05) is 6.61 Å². The molecule has 6 rings (SSSR count). The summed E-state index contributed by atoms with van der Waals surface area (Å²) in [5, 5.41) is 5.65. The van der Waals surface area contributed by atoms with Crippen molar-refractivity contribution in [3.63, 3.8) is 0 Å². The van der Waals surface area contributed by atoms with Crippen LogP contribution in [0.3, 0.4) is 0 Å². The molecule has 0 saturated heterocycles. The number of hydrogen-bond acceptors (Lipinski definition) is 5. The molecule has 1 aliphatic carbocycles. The van der Waals surface area contributed by atoms with E-state index in [0.717, 1.165) is 32.2 Å². The largest absolute Gasteiger partial charge is 0.488 e. The molecule has 0 spiro atoms. The number of halogens is 1. The van der Waals surface area contributed by atoms with E-state index in [-0.39, 0.29) is 12.4 Å². The van der Waals surface area contributed by atoms with E-state index < -0.39 is 11.9 Å². The van der Waals surface area contributed by atoms with E-state index >= 15 is 0 Å². The number of rotatable bonds is 6. The highest BCUT2D eigenvalue weighted by Crippen LogP contribution is 2.47. The average molecular weight is 580 g/mol. The molecule has 6 heteroatoms. The zero-order valence-corrected chi connectivity index (χ0v) is 23.2. The molecule has 1 N–H and O–H groups in total. The van der Waals surface area contributed by atoms with Crippen molar-refractivity contribution in [2.24, 2.45) is 0 Å². The van der Waals surface area contributed by atoms with Crippen molar-refractivity contribution in [3.05, 3.63) is 128 Å². The third kappa shape index (κ3) is 4.35. The van der Waals surface area contributed by atoms with Gasteiger partial charge in [0.15, 0.2) is 5.78 Å². The van der Waals surface area contributed by atoms with Crippen molar-refractivity contribution < 1.29 is 19.1 Å². The van der Waals surface area contributed by atoms with Crippen molar-refractivity contribution in [2.45, 2.75) is 26.4 Å². The normalized spacial score (nSPS) is 16.2. The van der Waals surface area contributed by atoms with Crippen LogP contribution in [0.15, 0.2) is 106 Å². The van der Waals surface area contributed by atoms with E-state index in [0.29, 0.717) is 34.8 Å². The predicted molar refractivity (Wildman–Crippen MR) is 155 cm³/mol. The van der Waals surface area contributed by atoms with Crippen LogP contribution >= 0.6 is 15.9 Å². The number of benzene rings is 4. The van der Waals surface area contributed by atoms with Gasteiger partial charge in [-0.1, -0.05) is 72.8 Å². The molecule has 2 aliphatic rings. The Hall–Kier alpha value is -4.16. The smallest absolute Gasteiger partial charge is 0.336 e. The summed E-state index contributed by atoms with van der Waals surface area (Å²) in [5.74, 6) is -0.423. The second-order valence-corrected chi connectivity index (χ2v) is 10.5. The van der Waals surface area contributed by atoms with Crippen LogP contribution in [0.1, 0.15) is 46.8 Å². The minimum atomic E-state index is -0.580. The Labute approximate surface area is 235 Å². The highest BCUT2D eigenvalue weighted by Gasteiger charge is 2.43. The molecule has 39 heavy (non-hydrogen) atoms. The summed E-state index contributed by atoms with van der Waals surface area (Å²) in [4.78, 5) is 26.8. The molecule has 1 aliphatic heterocycles. The highest BCUT2D eigenvalue weighted by molar-refractivity contribution is 9.10. The number of Topliss-reactive ketones (excluding diaryl/α,β-unsaturated/α-hetero) is 1. The maximum atomic E-state index is 13.7. The third-order valence-electron chi connectivity index (χ3n) is 7.30. The number of carbonyl (C=O) groups excluding carboxylic acids is 2. The van der Waals surface area contributed by atoms with Crippen molar-refractivity contribution in [1.82, 2.24) is 5.32 Å². The third-order valence-corrected chi connectivity index (χ3v) is 7.92. The number of fused-ring (bicyclic) bond motifs is 3. The van der Waals surface area contributed by atoms with E-state index in [1.54, 1.807) is 6.92 Å². The Morgan fingerprint density at radius 2 is 1.69 bits per heavy atom. The summed E-state index contributed by atoms with van der Waals surface area (Å²) in [6.45, 7) is 4.28. The zero-order chi connectivity index (χ0) is 27.1. The van der Waals surface area contributed by atoms with Gasteiger partial charge < -0.3 is 14.8 Å². The number of allylic oxidation sites excluding steroid dienone is 2. The maximum Gasteiger partial charge on any atom is 0.336 e. The molecule has 0 saturated carbocycles. The average Bonchev–Trinajstić information content (AvgIpc) is 3.23. The maximum absolute atomic E-state index is 13.7. The fraction of sp³-hybridized carbons (Fsp3) is 0.152. The number of ether oxygens (including phenoxy) is 2. The van der Waals surface area contributed by atoms with Crippen LogP contribution in [0.5, 0.6) is 5.75 Å². The molecule has 4 aromatic rings. The van der Waals surface area contributed by atoms with Crippen LogP contribution in [0.2, 0.25) is 0 Å². The molecule has 0 radical (unpaired) electrons. The van der Waals surface area contributed by atoms with E-state index in [1.807, 2.05) is 67.6 Å². The number of hydrogen-bond donors (Lipinski definition) is 1. The Morgan fingerprint density at radius 3 is 2.49 bits per heavy atom. The lowest BCUT2D eigenvalue weighted by Crippen LogP contribution is -2.29. The Morgan fingerprint density at radius 1 is 0.949 bits per heavy atom. The minimum Gasteiger partial charge on any atom is -0.488 e. The van der Waals surface area contributed by atoms with Crippen molar-refractivity contribution >= 4 is 44.2 Å². The molecule has 1 atom stereocenters. The molecule has 0 aromatic heterocycles. The van der Waals surface area contributed by atoms with Crippen LogP contribution in [0, 0.1) is 0 Å². The van der Waals surface area contributed by atoms with Gasteiger partial charge in [-0.25, -0.2) is 4.79 Å². The first-order chi connectivity index (χ1) is 19.0. The molecule has 5 nitrogen and oxygen atoms in total.